The minimum Gasteiger partial charge on any atom is -0.115 e. The lowest BCUT2D eigenvalue weighted by Crippen LogP contribution is -2.33. The van der Waals surface area contributed by atoms with E-state index < -0.39 is 7.26 Å². The van der Waals surface area contributed by atoms with Gasteiger partial charge in [0.25, 0.3) is 0 Å². The standard InChI is InChI=1S/C24H22P/c1-3-21(2)19-20-25(22-13-7-4-8-14-22,23-15-9-5-10-16-23)24-17-11-6-12-18-24/h1,4-19H,20H2,2H3/q+1. The van der Waals surface area contributed by atoms with Crippen LogP contribution < -0.4 is 15.9 Å². The lowest BCUT2D eigenvalue weighted by molar-refractivity contribution is 1.52. The molecular formula is C24H22P+. The van der Waals surface area contributed by atoms with Gasteiger partial charge < -0.3 is 0 Å². The van der Waals surface area contributed by atoms with Gasteiger partial charge >= 0.3 is 0 Å². The van der Waals surface area contributed by atoms with Gasteiger partial charge in [-0.25, -0.2) is 0 Å². The Balaban J connectivity index is 2.30. The second kappa shape index (κ2) is 7.98. The van der Waals surface area contributed by atoms with Gasteiger partial charge in [-0.2, -0.15) is 0 Å². The third kappa shape index (κ3) is 3.58. The molecule has 0 radical (unpaired) electrons. The van der Waals surface area contributed by atoms with E-state index in [0.717, 1.165) is 11.7 Å². The van der Waals surface area contributed by atoms with Crippen LogP contribution in [0.5, 0.6) is 0 Å². The Morgan fingerprint density at radius 1 is 0.760 bits per heavy atom. The molecule has 0 saturated heterocycles. The Labute approximate surface area is 151 Å². The van der Waals surface area contributed by atoms with Crippen molar-refractivity contribution in [2.75, 3.05) is 6.16 Å². The minimum absolute atomic E-state index is 0.932. The Morgan fingerprint density at radius 3 is 1.44 bits per heavy atom. The fraction of sp³-hybridized carbons (Fsp3) is 0.0833. The molecule has 0 nitrogen and oxygen atoms in total. The third-order valence-electron chi connectivity index (χ3n) is 4.49. The maximum Gasteiger partial charge on any atom is 0.116 e. The Morgan fingerprint density at radius 2 is 1.12 bits per heavy atom. The number of rotatable bonds is 5. The Hall–Kier alpha value is -2.61. The van der Waals surface area contributed by atoms with E-state index >= 15 is 0 Å². The molecule has 0 spiro atoms. The molecule has 0 heterocycles. The van der Waals surface area contributed by atoms with Crippen molar-refractivity contribution >= 4 is 23.2 Å². The number of hydrogen-bond acceptors (Lipinski definition) is 0. The van der Waals surface area contributed by atoms with E-state index in [0.29, 0.717) is 0 Å². The summed E-state index contributed by atoms with van der Waals surface area (Å²) in [6, 6.07) is 32.6. The average molecular weight is 341 g/mol. The Bertz CT molecular complexity index is 775. The van der Waals surface area contributed by atoms with E-state index in [4.69, 9.17) is 6.42 Å². The van der Waals surface area contributed by atoms with Crippen LogP contribution in [-0.2, 0) is 0 Å². The van der Waals surface area contributed by atoms with Gasteiger partial charge in [0.15, 0.2) is 0 Å². The maximum absolute atomic E-state index is 5.61. The predicted octanol–water partition coefficient (Wildman–Crippen LogP) is 4.56. The van der Waals surface area contributed by atoms with Crippen molar-refractivity contribution in [3.05, 3.63) is 103 Å². The zero-order chi connectivity index (χ0) is 17.5. The normalized spacial score (nSPS) is 11.8. The third-order valence-corrected chi connectivity index (χ3v) is 8.76. The quantitative estimate of drug-likeness (QED) is 0.471. The predicted molar refractivity (Wildman–Crippen MR) is 113 cm³/mol. The summed E-state index contributed by atoms with van der Waals surface area (Å²) in [6.07, 6.45) is 8.77. The summed E-state index contributed by atoms with van der Waals surface area (Å²) in [5.74, 6) is 2.77. The van der Waals surface area contributed by atoms with Gasteiger partial charge in [0.2, 0.25) is 0 Å². The van der Waals surface area contributed by atoms with E-state index in [2.05, 4.69) is 103 Å². The van der Waals surface area contributed by atoms with Crippen LogP contribution in [0, 0.1) is 12.3 Å². The molecule has 0 atom stereocenters. The first-order valence-corrected chi connectivity index (χ1v) is 10.4. The molecule has 0 fully saturated rings. The molecule has 0 amide bonds. The maximum atomic E-state index is 5.61. The van der Waals surface area contributed by atoms with Crippen molar-refractivity contribution in [2.24, 2.45) is 0 Å². The topological polar surface area (TPSA) is 0 Å². The second-order valence-electron chi connectivity index (χ2n) is 6.03. The number of hydrogen-bond donors (Lipinski definition) is 0. The first-order chi connectivity index (χ1) is 12.3. The molecule has 0 aromatic heterocycles. The minimum atomic E-state index is -1.79. The fourth-order valence-corrected chi connectivity index (χ4v) is 7.26. The number of terminal acetylenes is 1. The first kappa shape index (κ1) is 17.2. The molecule has 0 N–H and O–H groups in total. The molecule has 3 rings (SSSR count). The van der Waals surface area contributed by atoms with Gasteiger partial charge in [-0.1, -0.05) is 60.5 Å². The Kier molecular flexibility index (Phi) is 5.49. The summed E-state index contributed by atoms with van der Waals surface area (Å²) in [4.78, 5) is 0. The molecular weight excluding hydrogens is 319 g/mol. The summed E-state index contributed by atoms with van der Waals surface area (Å²) >= 11 is 0. The lowest BCUT2D eigenvalue weighted by atomic mass is 10.3. The summed E-state index contributed by atoms with van der Waals surface area (Å²) < 4.78 is 0. The van der Waals surface area contributed by atoms with Crippen LogP contribution >= 0.6 is 7.26 Å². The summed E-state index contributed by atoms with van der Waals surface area (Å²) in [6.45, 7) is 2.01. The largest absolute Gasteiger partial charge is 0.116 e. The smallest absolute Gasteiger partial charge is 0.115 e. The van der Waals surface area contributed by atoms with Crippen LogP contribution in [0.3, 0.4) is 0 Å². The van der Waals surface area contributed by atoms with Gasteiger partial charge in [-0.05, 0) is 55.0 Å². The summed E-state index contributed by atoms with van der Waals surface area (Å²) in [5, 5.41) is 4.15. The molecule has 0 bridgehead atoms. The van der Waals surface area contributed by atoms with Crippen molar-refractivity contribution < 1.29 is 0 Å². The average Bonchev–Trinajstić information content (AvgIpc) is 2.71. The van der Waals surface area contributed by atoms with E-state index in [1.54, 1.807) is 0 Å². The molecule has 0 aliphatic carbocycles. The summed E-state index contributed by atoms with van der Waals surface area (Å²) in [5.41, 5.74) is 0.993. The molecule has 3 aromatic rings. The van der Waals surface area contributed by atoms with Crippen LogP contribution in [-0.4, -0.2) is 6.16 Å². The molecule has 0 unspecified atom stereocenters. The molecule has 0 saturated carbocycles. The van der Waals surface area contributed by atoms with Gasteiger partial charge in [0.05, 0.1) is 6.16 Å². The van der Waals surface area contributed by atoms with Crippen molar-refractivity contribution in [3.8, 4) is 12.3 Å². The first-order valence-electron chi connectivity index (χ1n) is 8.45. The van der Waals surface area contributed by atoms with Crippen LogP contribution in [0.25, 0.3) is 0 Å². The monoisotopic (exact) mass is 341 g/mol. The highest BCUT2D eigenvalue weighted by Crippen LogP contribution is 2.55. The van der Waals surface area contributed by atoms with E-state index in [1.807, 2.05) is 6.92 Å². The fourth-order valence-electron chi connectivity index (χ4n) is 3.14. The molecule has 1 heteroatoms. The molecule has 25 heavy (non-hydrogen) atoms. The SMILES string of the molecule is C#CC(C)=CC[P+](c1ccccc1)(c1ccccc1)c1ccccc1. The highest BCUT2D eigenvalue weighted by atomic mass is 31.2. The molecule has 3 aromatic carbocycles. The molecule has 122 valence electrons. The summed E-state index contributed by atoms with van der Waals surface area (Å²) in [7, 11) is -1.79. The van der Waals surface area contributed by atoms with Crippen LogP contribution in [0.2, 0.25) is 0 Å². The van der Waals surface area contributed by atoms with Crippen molar-refractivity contribution in [1.29, 1.82) is 0 Å². The van der Waals surface area contributed by atoms with Gasteiger partial charge in [0, 0.05) is 0 Å². The van der Waals surface area contributed by atoms with E-state index in [1.165, 1.54) is 15.9 Å². The van der Waals surface area contributed by atoms with Crippen LogP contribution in [0.4, 0.5) is 0 Å². The molecule has 0 aliphatic rings. The highest BCUT2D eigenvalue weighted by molar-refractivity contribution is 7.95. The van der Waals surface area contributed by atoms with Crippen LogP contribution in [0.1, 0.15) is 6.92 Å². The van der Waals surface area contributed by atoms with Gasteiger partial charge in [-0.3, -0.25) is 0 Å². The number of allylic oxidation sites excluding steroid dienone is 2. The second-order valence-corrected chi connectivity index (χ2v) is 9.56. The van der Waals surface area contributed by atoms with Crippen LogP contribution in [0.15, 0.2) is 103 Å². The highest BCUT2D eigenvalue weighted by Gasteiger charge is 2.44. The molecule has 0 aliphatic heterocycles. The zero-order valence-corrected chi connectivity index (χ0v) is 15.4. The lowest BCUT2D eigenvalue weighted by Gasteiger charge is -2.26. The zero-order valence-electron chi connectivity index (χ0n) is 14.5. The number of benzene rings is 3. The van der Waals surface area contributed by atoms with Gasteiger partial charge in [0.1, 0.15) is 23.2 Å². The van der Waals surface area contributed by atoms with Crippen molar-refractivity contribution in [2.45, 2.75) is 6.92 Å². The van der Waals surface area contributed by atoms with Crippen molar-refractivity contribution in [1.82, 2.24) is 0 Å². The van der Waals surface area contributed by atoms with Crippen molar-refractivity contribution in [3.63, 3.8) is 0 Å². The van der Waals surface area contributed by atoms with E-state index in [-0.39, 0.29) is 0 Å². The van der Waals surface area contributed by atoms with Gasteiger partial charge in [-0.15, -0.1) is 6.42 Å². The van der Waals surface area contributed by atoms with E-state index in [9.17, 15) is 0 Å².